The van der Waals surface area contributed by atoms with Crippen LogP contribution in [0.3, 0.4) is 0 Å². The Balaban J connectivity index is 1.59. The summed E-state index contributed by atoms with van der Waals surface area (Å²) in [5.74, 6) is 2.43. The molecule has 0 spiro atoms. The van der Waals surface area contributed by atoms with Gasteiger partial charge in [-0.15, -0.1) is 11.8 Å². The highest BCUT2D eigenvalue weighted by Gasteiger charge is 2.31. The summed E-state index contributed by atoms with van der Waals surface area (Å²) in [5, 5.41) is 4.60. The number of aryl methyl sites for hydroxylation is 1. The van der Waals surface area contributed by atoms with Gasteiger partial charge in [-0.3, -0.25) is 4.79 Å². The highest BCUT2D eigenvalue weighted by Crippen LogP contribution is 2.31. The summed E-state index contributed by atoms with van der Waals surface area (Å²) >= 11 is 7.74. The van der Waals surface area contributed by atoms with Crippen LogP contribution in [-0.2, 0) is 10.5 Å². The molecule has 2 aromatic rings. The van der Waals surface area contributed by atoms with Crippen LogP contribution >= 0.6 is 23.4 Å². The van der Waals surface area contributed by atoms with Gasteiger partial charge in [0.2, 0.25) is 11.8 Å². The number of aromatic nitrogens is 2. The topological polar surface area (TPSA) is 59.2 Å². The summed E-state index contributed by atoms with van der Waals surface area (Å²) in [6.45, 7) is 2.54. The van der Waals surface area contributed by atoms with E-state index in [4.69, 9.17) is 16.1 Å². The van der Waals surface area contributed by atoms with Crippen molar-refractivity contribution in [3.63, 3.8) is 0 Å². The number of carbonyl (C=O) groups excluding carboxylic acids is 1. The Labute approximate surface area is 150 Å². The highest BCUT2D eigenvalue weighted by atomic mass is 35.5. The highest BCUT2D eigenvalue weighted by molar-refractivity contribution is 7.99. The average molecular weight is 366 g/mol. The van der Waals surface area contributed by atoms with Crippen LogP contribution in [0.15, 0.2) is 28.8 Å². The number of amides is 1. The van der Waals surface area contributed by atoms with Crippen LogP contribution in [0.1, 0.15) is 42.6 Å². The van der Waals surface area contributed by atoms with Crippen LogP contribution in [0.25, 0.3) is 0 Å². The molecule has 0 radical (unpaired) electrons. The molecule has 1 aliphatic heterocycles. The maximum atomic E-state index is 12.6. The fourth-order valence-corrected chi connectivity index (χ4v) is 4.08. The van der Waals surface area contributed by atoms with E-state index in [1.54, 1.807) is 18.7 Å². The van der Waals surface area contributed by atoms with Gasteiger partial charge in [-0.05, 0) is 37.8 Å². The van der Waals surface area contributed by atoms with Crippen molar-refractivity contribution < 1.29 is 9.32 Å². The third-order valence-corrected chi connectivity index (χ3v) is 5.43. The van der Waals surface area contributed by atoms with Gasteiger partial charge in [-0.2, -0.15) is 4.98 Å². The first-order valence-corrected chi connectivity index (χ1v) is 9.59. The predicted molar refractivity (Wildman–Crippen MR) is 95.0 cm³/mol. The molecule has 0 saturated carbocycles. The van der Waals surface area contributed by atoms with Gasteiger partial charge in [-0.1, -0.05) is 35.0 Å². The third-order valence-electron chi connectivity index (χ3n) is 4.09. The van der Waals surface area contributed by atoms with Gasteiger partial charge in [0.25, 0.3) is 0 Å². The fraction of sp³-hybridized carbons (Fsp3) is 0.471. The molecule has 3 rings (SSSR count). The summed E-state index contributed by atoms with van der Waals surface area (Å²) in [6.07, 6.45) is 2.97. The Morgan fingerprint density at radius 2 is 2.25 bits per heavy atom. The van der Waals surface area contributed by atoms with Crippen LogP contribution in [0.4, 0.5) is 0 Å². The number of hydrogen-bond acceptors (Lipinski definition) is 5. The zero-order valence-electron chi connectivity index (χ0n) is 13.6. The van der Waals surface area contributed by atoms with Crippen molar-refractivity contribution in [3.8, 4) is 0 Å². The maximum Gasteiger partial charge on any atom is 0.249 e. The minimum Gasteiger partial charge on any atom is -0.337 e. The maximum absolute atomic E-state index is 12.6. The Kier molecular flexibility index (Phi) is 5.79. The van der Waals surface area contributed by atoms with Gasteiger partial charge in [-0.25, -0.2) is 0 Å². The molecule has 1 atom stereocenters. The Morgan fingerprint density at radius 1 is 1.42 bits per heavy atom. The van der Waals surface area contributed by atoms with Gasteiger partial charge >= 0.3 is 0 Å². The standard InChI is InChI=1S/C17H20ClN3O2S/c1-12-19-17(23-20-12)15-8-4-5-9-21(15)16(22)11-24-10-13-6-2-3-7-14(13)18/h2-3,6-7,15H,4-5,8-11H2,1H3/t15-/m1/s1. The van der Waals surface area contributed by atoms with E-state index in [2.05, 4.69) is 10.1 Å². The molecular weight excluding hydrogens is 346 g/mol. The SMILES string of the molecule is Cc1noc([C@H]2CCCCN2C(=O)CSCc2ccccc2Cl)n1. The number of nitrogens with zero attached hydrogens (tertiary/aromatic N) is 3. The minimum atomic E-state index is -0.0895. The Morgan fingerprint density at radius 3 is 3.00 bits per heavy atom. The third kappa shape index (κ3) is 4.11. The van der Waals surface area contributed by atoms with Crippen molar-refractivity contribution in [2.45, 2.75) is 38.0 Å². The summed E-state index contributed by atoms with van der Waals surface area (Å²) in [4.78, 5) is 18.8. The van der Waals surface area contributed by atoms with Crippen LogP contribution in [0, 0.1) is 6.92 Å². The number of rotatable bonds is 5. The van der Waals surface area contributed by atoms with Crippen LogP contribution in [-0.4, -0.2) is 33.2 Å². The second kappa shape index (κ2) is 8.03. The number of hydrogen-bond donors (Lipinski definition) is 0. The number of halogens is 1. The Hall–Kier alpha value is -1.53. The number of benzene rings is 1. The second-order valence-electron chi connectivity index (χ2n) is 5.86. The summed E-state index contributed by atoms with van der Waals surface area (Å²) < 4.78 is 5.29. The van der Waals surface area contributed by atoms with Crippen molar-refractivity contribution in [1.29, 1.82) is 0 Å². The van der Waals surface area contributed by atoms with Gasteiger partial charge in [0.1, 0.15) is 6.04 Å². The van der Waals surface area contributed by atoms with Gasteiger partial charge in [0.15, 0.2) is 5.82 Å². The molecule has 1 amide bonds. The first kappa shape index (κ1) is 17.3. The zero-order chi connectivity index (χ0) is 16.9. The zero-order valence-corrected chi connectivity index (χ0v) is 15.1. The van der Waals surface area contributed by atoms with E-state index in [0.29, 0.717) is 17.5 Å². The van der Waals surface area contributed by atoms with E-state index in [1.165, 1.54) is 0 Å². The second-order valence-corrected chi connectivity index (χ2v) is 7.26. The van der Waals surface area contributed by atoms with Crippen molar-refractivity contribution in [2.75, 3.05) is 12.3 Å². The van der Waals surface area contributed by atoms with Crippen molar-refractivity contribution in [2.24, 2.45) is 0 Å². The van der Waals surface area contributed by atoms with Gasteiger partial charge < -0.3 is 9.42 Å². The summed E-state index contributed by atoms with van der Waals surface area (Å²) in [6, 6.07) is 7.64. The normalized spacial score (nSPS) is 17.9. The number of thioether (sulfide) groups is 1. The smallest absolute Gasteiger partial charge is 0.249 e. The van der Waals surface area contributed by atoms with Crippen molar-refractivity contribution >= 4 is 29.3 Å². The van der Waals surface area contributed by atoms with E-state index in [9.17, 15) is 4.79 Å². The lowest BCUT2D eigenvalue weighted by molar-refractivity contribution is -0.132. The molecule has 24 heavy (non-hydrogen) atoms. The van der Waals surface area contributed by atoms with Crippen molar-refractivity contribution in [1.82, 2.24) is 15.0 Å². The first-order valence-electron chi connectivity index (χ1n) is 8.06. The molecule has 2 heterocycles. The summed E-state index contributed by atoms with van der Waals surface area (Å²) in [5.41, 5.74) is 1.06. The lowest BCUT2D eigenvalue weighted by atomic mass is 10.0. The molecule has 1 saturated heterocycles. The average Bonchev–Trinajstić information content (AvgIpc) is 3.03. The Bertz CT molecular complexity index is 707. The molecular formula is C17H20ClN3O2S. The molecule has 0 unspecified atom stereocenters. The van der Waals surface area contributed by atoms with E-state index in [-0.39, 0.29) is 11.9 Å². The van der Waals surface area contributed by atoms with Crippen LogP contribution in [0.5, 0.6) is 0 Å². The van der Waals surface area contributed by atoms with Crippen molar-refractivity contribution in [3.05, 3.63) is 46.6 Å². The molecule has 7 heteroatoms. The largest absolute Gasteiger partial charge is 0.337 e. The number of likely N-dealkylation sites (tertiary alicyclic amines) is 1. The molecule has 0 N–H and O–H groups in total. The molecule has 1 aromatic heterocycles. The molecule has 5 nitrogen and oxygen atoms in total. The lowest BCUT2D eigenvalue weighted by Gasteiger charge is -2.33. The number of piperidine rings is 1. The fourth-order valence-electron chi connectivity index (χ4n) is 2.88. The minimum absolute atomic E-state index is 0.0895. The quantitative estimate of drug-likeness (QED) is 0.800. The predicted octanol–water partition coefficient (Wildman–Crippen LogP) is 4.02. The van der Waals surface area contributed by atoms with Gasteiger partial charge in [0.05, 0.1) is 5.75 Å². The van der Waals surface area contributed by atoms with E-state index in [1.807, 2.05) is 29.2 Å². The number of carbonyl (C=O) groups is 1. The lowest BCUT2D eigenvalue weighted by Crippen LogP contribution is -2.39. The molecule has 1 aromatic carbocycles. The van der Waals surface area contributed by atoms with E-state index in [0.717, 1.165) is 42.1 Å². The first-order chi connectivity index (χ1) is 11.6. The van der Waals surface area contributed by atoms with Crippen LogP contribution in [0.2, 0.25) is 5.02 Å². The van der Waals surface area contributed by atoms with Crippen LogP contribution < -0.4 is 0 Å². The molecule has 128 valence electrons. The van der Waals surface area contributed by atoms with Gasteiger partial charge in [0, 0.05) is 17.3 Å². The molecule has 1 aliphatic rings. The molecule has 0 aliphatic carbocycles. The monoisotopic (exact) mass is 365 g/mol. The molecule has 0 bridgehead atoms. The van der Waals surface area contributed by atoms with E-state index < -0.39 is 0 Å². The summed E-state index contributed by atoms with van der Waals surface area (Å²) in [7, 11) is 0. The molecule has 1 fully saturated rings. The van der Waals surface area contributed by atoms with E-state index >= 15 is 0 Å².